The Hall–Kier alpha value is -2.58. The molecular formula is C20H29N5O3. The molecular weight excluding hydrogens is 358 g/mol. The molecule has 8 heteroatoms. The summed E-state index contributed by atoms with van der Waals surface area (Å²) in [5, 5.41) is 25.7. The highest BCUT2D eigenvalue weighted by atomic mass is 16.5. The second-order valence-corrected chi connectivity index (χ2v) is 7.15. The summed E-state index contributed by atoms with van der Waals surface area (Å²) in [4.78, 5) is 17.2. The van der Waals surface area contributed by atoms with E-state index in [0.717, 1.165) is 24.0 Å². The van der Waals surface area contributed by atoms with Crippen LogP contribution in [0.15, 0.2) is 18.2 Å². The van der Waals surface area contributed by atoms with Crippen molar-refractivity contribution in [1.82, 2.24) is 15.2 Å². The minimum Gasteiger partial charge on any atom is -0.465 e. The van der Waals surface area contributed by atoms with Gasteiger partial charge in [0.25, 0.3) is 0 Å². The molecule has 152 valence electrons. The Labute approximate surface area is 164 Å². The van der Waals surface area contributed by atoms with Gasteiger partial charge < -0.3 is 30.4 Å². The topological polar surface area (TPSA) is 113 Å². The number of anilines is 1. The van der Waals surface area contributed by atoms with E-state index in [9.17, 15) is 9.90 Å². The number of aromatic nitrogens is 1. The lowest BCUT2D eigenvalue weighted by molar-refractivity contribution is 0.0601. The van der Waals surface area contributed by atoms with Crippen LogP contribution in [0.4, 0.5) is 5.82 Å². The number of piperidine rings is 1. The van der Waals surface area contributed by atoms with E-state index in [4.69, 9.17) is 10.1 Å². The summed E-state index contributed by atoms with van der Waals surface area (Å²) in [6.45, 7) is 2.99. The van der Waals surface area contributed by atoms with Crippen molar-refractivity contribution in [2.45, 2.75) is 25.4 Å². The van der Waals surface area contributed by atoms with Gasteiger partial charge in [-0.05, 0) is 38.1 Å². The molecule has 0 radical (unpaired) electrons. The molecule has 2 aromatic rings. The summed E-state index contributed by atoms with van der Waals surface area (Å²) in [5.74, 6) is 0.497. The molecule has 3 rings (SSSR count). The van der Waals surface area contributed by atoms with Gasteiger partial charge in [0, 0.05) is 31.0 Å². The number of nitrogens with one attached hydrogen (secondary N) is 4. The first-order valence-corrected chi connectivity index (χ1v) is 9.68. The highest BCUT2D eigenvalue weighted by Crippen LogP contribution is 2.27. The molecule has 8 nitrogen and oxygen atoms in total. The number of β-amino-alcohol motifs (C(OH)–C–C–N with tert-alkyl or cyclic N) is 1. The number of hydrogen-bond acceptors (Lipinski definition) is 6. The van der Waals surface area contributed by atoms with Crippen LogP contribution < -0.4 is 10.6 Å². The van der Waals surface area contributed by atoms with Crippen LogP contribution in [0, 0.1) is 5.41 Å². The third-order valence-corrected chi connectivity index (χ3v) is 5.15. The molecule has 1 fully saturated rings. The molecule has 1 unspecified atom stereocenters. The normalized spacial score (nSPS) is 16.0. The summed E-state index contributed by atoms with van der Waals surface area (Å²) >= 11 is 0. The van der Waals surface area contributed by atoms with Crippen LogP contribution in [-0.4, -0.2) is 73.2 Å². The molecule has 0 saturated carbocycles. The second-order valence-electron chi connectivity index (χ2n) is 7.15. The Morgan fingerprint density at radius 1 is 1.36 bits per heavy atom. The van der Waals surface area contributed by atoms with Crippen LogP contribution in [0.25, 0.3) is 10.9 Å². The first-order valence-electron chi connectivity index (χ1n) is 9.68. The van der Waals surface area contributed by atoms with Gasteiger partial charge in [0.15, 0.2) is 0 Å². The fourth-order valence-corrected chi connectivity index (χ4v) is 3.70. The zero-order valence-corrected chi connectivity index (χ0v) is 16.5. The van der Waals surface area contributed by atoms with Crippen LogP contribution in [-0.2, 0) is 4.74 Å². The fourth-order valence-electron chi connectivity index (χ4n) is 3.70. The number of ether oxygens (including phenoxy) is 1. The summed E-state index contributed by atoms with van der Waals surface area (Å²) < 4.78 is 4.77. The van der Waals surface area contributed by atoms with Crippen molar-refractivity contribution >= 4 is 28.5 Å². The van der Waals surface area contributed by atoms with Gasteiger partial charge in [-0.1, -0.05) is 12.5 Å². The number of nitrogens with zero attached hydrogens (tertiary/aromatic N) is 1. The summed E-state index contributed by atoms with van der Waals surface area (Å²) in [6, 6.07) is 5.20. The van der Waals surface area contributed by atoms with Gasteiger partial charge in [-0.15, -0.1) is 0 Å². The maximum atomic E-state index is 11.8. The zero-order chi connectivity index (χ0) is 20.1. The largest absolute Gasteiger partial charge is 0.465 e. The standard InChI is InChI=1S/C20H29N5O3/c1-22-19-17(15-7-6-13(20(27)28-2)10-16(15)24-19)18(21)23-11-14(26)12-25-8-4-3-5-9-25/h6-7,10,14,22,24,26H,3-5,8-9,11-12H2,1-2H3,(H2,21,23). The van der Waals surface area contributed by atoms with E-state index in [-0.39, 0.29) is 5.84 Å². The molecule has 1 aliphatic heterocycles. The van der Waals surface area contributed by atoms with Gasteiger partial charge in [0.1, 0.15) is 11.7 Å². The number of fused-ring (bicyclic) bond motifs is 1. The maximum absolute atomic E-state index is 11.8. The average Bonchev–Trinajstić information content (AvgIpc) is 3.10. The molecule has 0 spiro atoms. The Bertz CT molecular complexity index is 842. The van der Waals surface area contributed by atoms with Crippen molar-refractivity contribution in [3.05, 3.63) is 29.3 Å². The van der Waals surface area contributed by atoms with Gasteiger partial charge in [0.05, 0.1) is 24.3 Å². The summed E-state index contributed by atoms with van der Waals surface area (Å²) in [7, 11) is 3.12. The number of aromatic amines is 1. The summed E-state index contributed by atoms with van der Waals surface area (Å²) in [5.41, 5.74) is 1.86. The molecule has 0 amide bonds. The number of rotatable bonds is 7. The Balaban J connectivity index is 1.70. The molecule has 28 heavy (non-hydrogen) atoms. The van der Waals surface area contributed by atoms with Gasteiger partial charge >= 0.3 is 5.97 Å². The molecule has 0 aliphatic carbocycles. The first-order chi connectivity index (χ1) is 13.5. The SMILES string of the molecule is CNc1[nH]c2cc(C(=O)OC)ccc2c1C(=N)NCC(O)CN1CCCCC1. The maximum Gasteiger partial charge on any atom is 0.337 e. The number of H-pyrrole nitrogens is 1. The third kappa shape index (κ3) is 4.45. The lowest BCUT2D eigenvalue weighted by atomic mass is 10.1. The Kier molecular flexibility index (Phi) is 6.53. The number of carbonyl (C=O) groups excluding carboxylic acids is 1. The van der Waals surface area contributed by atoms with Crippen LogP contribution in [0.2, 0.25) is 0 Å². The quantitative estimate of drug-likeness (QED) is 0.281. The van der Waals surface area contributed by atoms with Crippen molar-refractivity contribution in [3.63, 3.8) is 0 Å². The molecule has 1 aliphatic rings. The molecule has 1 aromatic heterocycles. The molecule has 5 N–H and O–H groups in total. The van der Waals surface area contributed by atoms with E-state index in [2.05, 4.69) is 20.5 Å². The average molecular weight is 387 g/mol. The smallest absolute Gasteiger partial charge is 0.337 e. The number of esters is 1. The minimum atomic E-state index is -0.535. The monoisotopic (exact) mass is 387 g/mol. The zero-order valence-electron chi connectivity index (χ0n) is 16.5. The highest BCUT2D eigenvalue weighted by molar-refractivity contribution is 6.13. The van der Waals surface area contributed by atoms with Crippen LogP contribution in [0.1, 0.15) is 35.2 Å². The van der Waals surface area contributed by atoms with Gasteiger partial charge in [0.2, 0.25) is 0 Å². The van der Waals surface area contributed by atoms with Crippen molar-refractivity contribution in [2.24, 2.45) is 0 Å². The Morgan fingerprint density at radius 3 is 2.79 bits per heavy atom. The molecule has 2 heterocycles. The van der Waals surface area contributed by atoms with Gasteiger partial charge in [-0.2, -0.15) is 0 Å². The predicted octanol–water partition coefficient (Wildman–Crippen LogP) is 1.76. The fraction of sp³-hybridized carbons (Fsp3) is 0.500. The van der Waals surface area contributed by atoms with Crippen molar-refractivity contribution in [3.8, 4) is 0 Å². The molecule has 1 atom stereocenters. The predicted molar refractivity (Wildman–Crippen MR) is 110 cm³/mol. The number of likely N-dealkylation sites (tertiary alicyclic amines) is 1. The van der Waals surface area contributed by atoms with E-state index >= 15 is 0 Å². The second kappa shape index (κ2) is 9.07. The van der Waals surface area contributed by atoms with Crippen LogP contribution in [0.5, 0.6) is 0 Å². The van der Waals surface area contributed by atoms with Gasteiger partial charge in [-0.25, -0.2) is 4.79 Å². The van der Waals surface area contributed by atoms with Gasteiger partial charge in [-0.3, -0.25) is 5.41 Å². The lowest BCUT2D eigenvalue weighted by Crippen LogP contribution is -2.42. The van der Waals surface area contributed by atoms with Crippen molar-refractivity contribution in [2.75, 3.05) is 45.7 Å². The molecule has 0 bridgehead atoms. The number of aliphatic hydroxyl groups is 1. The van der Waals surface area contributed by atoms with E-state index in [0.29, 0.717) is 30.0 Å². The number of carbonyl (C=O) groups is 1. The third-order valence-electron chi connectivity index (χ3n) is 5.15. The van der Waals surface area contributed by atoms with Crippen molar-refractivity contribution < 1.29 is 14.6 Å². The number of benzene rings is 1. The van der Waals surface area contributed by atoms with Crippen LogP contribution in [0.3, 0.4) is 0 Å². The van der Waals surface area contributed by atoms with Crippen molar-refractivity contribution in [1.29, 1.82) is 5.41 Å². The first kappa shape index (κ1) is 20.2. The number of aliphatic hydroxyl groups excluding tert-OH is 1. The van der Waals surface area contributed by atoms with E-state index in [1.807, 2.05) is 0 Å². The van der Waals surface area contributed by atoms with Crippen LogP contribution >= 0.6 is 0 Å². The van der Waals surface area contributed by atoms with E-state index < -0.39 is 12.1 Å². The Morgan fingerprint density at radius 2 is 2.11 bits per heavy atom. The lowest BCUT2D eigenvalue weighted by Gasteiger charge is -2.28. The van der Waals surface area contributed by atoms with E-state index in [1.54, 1.807) is 25.2 Å². The highest BCUT2D eigenvalue weighted by Gasteiger charge is 2.19. The number of amidine groups is 1. The number of hydrogen-bond donors (Lipinski definition) is 5. The minimum absolute atomic E-state index is 0.221. The summed E-state index contributed by atoms with van der Waals surface area (Å²) in [6.07, 6.45) is 3.10. The molecule has 1 aromatic carbocycles. The number of methoxy groups -OCH3 is 1. The van der Waals surface area contributed by atoms with E-state index in [1.165, 1.54) is 26.4 Å². The molecule has 1 saturated heterocycles.